The van der Waals surface area contributed by atoms with Crippen molar-refractivity contribution in [2.24, 2.45) is 0 Å². The Labute approximate surface area is 320 Å². The van der Waals surface area contributed by atoms with Crippen LogP contribution < -0.4 is 18.7 Å². The Kier molecular flexibility index (Phi) is 12.2. The first-order valence-corrected chi connectivity index (χ1v) is 19.8. The van der Waals surface area contributed by atoms with Crippen molar-refractivity contribution in [2.75, 3.05) is 63.7 Å². The van der Waals surface area contributed by atoms with Crippen LogP contribution in [0.4, 0.5) is 29.1 Å². The van der Waals surface area contributed by atoms with Crippen molar-refractivity contribution < 1.29 is 35.5 Å². The summed E-state index contributed by atoms with van der Waals surface area (Å²) in [5.41, 5.74) is 0.562. The van der Waals surface area contributed by atoms with E-state index in [9.17, 15) is 21.6 Å². The van der Waals surface area contributed by atoms with Gasteiger partial charge in [-0.05, 0) is 108 Å². The fourth-order valence-electron chi connectivity index (χ4n) is 7.92. The average Bonchev–Trinajstić information content (AvgIpc) is 3.19. The number of ether oxygens (including phenoxy) is 2. The molecule has 0 amide bonds. The van der Waals surface area contributed by atoms with E-state index in [1.807, 2.05) is 0 Å². The molecular weight excluding hydrogens is 737 g/mol. The lowest BCUT2D eigenvalue weighted by Crippen LogP contribution is -2.61. The molecule has 0 aliphatic carbocycles. The number of rotatable bonds is 13. The van der Waals surface area contributed by atoms with Crippen molar-refractivity contribution >= 4 is 21.5 Å². The molecule has 2 saturated heterocycles. The number of halogens is 4. The van der Waals surface area contributed by atoms with Crippen molar-refractivity contribution in [2.45, 2.75) is 67.7 Å². The number of nitrogens with zero attached hydrogens (tertiary/aromatic N) is 6. The normalized spacial score (nSPS) is 18.7. The molecule has 3 heterocycles. The topological polar surface area (TPSA) is 91.3 Å². The smallest absolute Gasteiger partial charge is 0.416 e. The molecule has 0 saturated carbocycles. The number of methoxy groups -OCH3 is 2. The van der Waals surface area contributed by atoms with Crippen LogP contribution in [-0.2, 0) is 29.2 Å². The molecule has 55 heavy (non-hydrogen) atoms. The molecule has 4 aromatic rings. The molecule has 2 fully saturated rings. The second-order valence-corrected chi connectivity index (χ2v) is 16.3. The van der Waals surface area contributed by atoms with E-state index < -0.39 is 38.0 Å². The Bertz CT molecular complexity index is 2030. The van der Waals surface area contributed by atoms with Crippen LogP contribution >= 0.6 is 0 Å². The number of likely N-dealkylation sites (N-methyl/N-ethyl adjacent to an activating group) is 1. The number of benzene rings is 3. The summed E-state index contributed by atoms with van der Waals surface area (Å²) in [5, 5.41) is 0. The van der Waals surface area contributed by atoms with Crippen molar-refractivity contribution in [3.05, 3.63) is 102 Å². The molecule has 0 N–H and O–H groups in total. The zero-order valence-corrected chi connectivity index (χ0v) is 32.4. The Morgan fingerprint density at radius 2 is 1.76 bits per heavy atom. The molecule has 3 aromatic carbocycles. The molecule has 2 aliphatic heterocycles. The first kappa shape index (κ1) is 40.2. The zero-order valence-electron chi connectivity index (χ0n) is 31.6. The van der Waals surface area contributed by atoms with E-state index in [1.165, 1.54) is 57.1 Å². The fraction of sp³-hybridized carbons (Fsp3) is 0.450. The van der Waals surface area contributed by atoms with Crippen molar-refractivity contribution in [1.29, 1.82) is 0 Å². The van der Waals surface area contributed by atoms with Gasteiger partial charge < -0.3 is 19.3 Å². The summed E-state index contributed by atoms with van der Waals surface area (Å²) >= 11 is 0. The predicted octanol–water partition coefficient (Wildman–Crippen LogP) is 7.05. The van der Waals surface area contributed by atoms with Gasteiger partial charge in [-0.25, -0.2) is 27.1 Å². The lowest BCUT2D eigenvalue weighted by atomic mass is 9.80. The van der Waals surface area contributed by atoms with Gasteiger partial charge in [0.1, 0.15) is 34.4 Å². The number of hydrogen-bond donors (Lipinski definition) is 0. The van der Waals surface area contributed by atoms with Crippen LogP contribution in [-0.4, -0.2) is 94.3 Å². The van der Waals surface area contributed by atoms with E-state index >= 15 is 4.39 Å². The number of alkyl halides is 3. The van der Waals surface area contributed by atoms with Gasteiger partial charge >= 0.3 is 6.18 Å². The first-order valence-electron chi connectivity index (χ1n) is 18.4. The van der Waals surface area contributed by atoms with Gasteiger partial charge in [0.05, 0.1) is 26.3 Å². The van der Waals surface area contributed by atoms with Crippen molar-refractivity contribution in [1.82, 2.24) is 19.8 Å². The maximum Gasteiger partial charge on any atom is 0.416 e. The summed E-state index contributed by atoms with van der Waals surface area (Å²) in [4.78, 5) is 14.4. The molecule has 10 nitrogen and oxygen atoms in total. The second kappa shape index (κ2) is 16.7. The molecule has 2 aliphatic rings. The molecular formula is C40H48F4N6O4S. The van der Waals surface area contributed by atoms with Gasteiger partial charge in [0.25, 0.3) is 10.0 Å². The van der Waals surface area contributed by atoms with E-state index in [4.69, 9.17) is 9.47 Å². The minimum atomic E-state index is -4.51. The summed E-state index contributed by atoms with van der Waals surface area (Å²) in [5.74, 6) is 0.0434. The predicted molar refractivity (Wildman–Crippen MR) is 204 cm³/mol. The van der Waals surface area contributed by atoms with Gasteiger partial charge in [-0.15, -0.1) is 0 Å². The van der Waals surface area contributed by atoms with Gasteiger partial charge in [0.15, 0.2) is 0 Å². The summed E-state index contributed by atoms with van der Waals surface area (Å²) < 4.78 is 97.6. The number of anilines is 2. The van der Waals surface area contributed by atoms with Crippen molar-refractivity contribution in [3.8, 4) is 11.5 Å². The summed E-state index contributed by atoms with van der Waals surface area (Å²) in [7, 11) is 2.68. The highest BCUT2D eigenvalue weighted by atomic mass is 32.2. The molecule has 0 bridgehead atoms. The molecule has 0 radical (unpaired) electrons. The van der Waals surface area contributed by atoms with E-state index in [0.29, 0.717) is 54.2 Å². The largest absolute Gasteiger partial charge is 0.497 e. The Balaban J connectivity index is 1.30. The Hall–Kier alpha value is -4.47. The number of aromatic nitrogens is 2. The molecule has 1 aromatic heterocycles. The highest BCUT2D eigenvalue weighted by Crippen LogP contribution is 2.39. The summed E-state index contributed by atoms with van der Waals surface area (Å²) in [6.07, 6.45) is 2.77. The lowest BCUT2D eigenvalue weighted by molar-refractivity contribution is -0.137. The Morgan fingerprint density at radius 1 is 0.982 bits per heavy atom. The number of hydrogen-bond acceptors (Lipinski definition) is 9. The van der Waals surface area contributed by atoms with E-state index in [0.717, 1.165) is 49.1 Å². The van der Waals surface area contributed by atoms with Crippen LogP contribution in [0.15, 0.2) is 84.1 Å². The quantitative estimate of drug-likeness (QED) is 0.133. The molecule has 1 atom stereocenters. The molecule has 15 heteroatoms. The number of sulfonamides is 1. The molecule has 0 spiro atoms. The number of aryl methyl sites for hydroxylation is 1. The van der Waals surface area contributed by atoms with E-state index in [1.54, 1.807) is 30.3 Å². The average molecular weight is 785 g/mol. The highest BCUT2D eigenvalue weighted by Gasteiger charge is 2.42. The van der Waals surface area contributed by atoms with Gasteiger partial charge in [0, 0.05) is 54.3 Å². The lowest BCUT2D eigenvalue weighted by Gasteiger charge is -2.53. The van der Waals surface area contributed by atoms with E-state index in [-0.39, 0.29) is 18.4 Å². The SMILES string of the molecule is COc1ccc(CN(c2ccncn2)S(=O)(=O)c2ccc(N3CCC[C@](CCc4cccc(C(F)(F)F)c4)(N(C)C4CCN(C)CC4)C3)cc2F)c(OC)c1. The maximum atomic E-state index is 16.3. The van der Waals surface area contributed by atoms with Crippen LogP contribution in [0.3, 0.4) is 0 Å². The second-order valence-electron chi connectivity index (χ2n) is 14.5. The minimum Gasteiger partial charge on any atom is -0.497 e. The van der Waals surface area contributed by atoms with Gasteiger partial charge in [-0.2, -0.15) is 13.2 Å². The van der Waals surface area contributed by atoms with Crippen molar-refractivity contribution in [3.63, 3.8) is 0 Å². The van der Waals surface area contributed by atoms with Crippen LogP contribution in [0.25, 0.3) is 0 Å². The molecule has 296 valence electrons. The number of piperidine rings is 2. The van der Waals surface area contributed by atoms with Gasteiger partial charge in [-0.1, -0.05) is 18.2 Å². The summed E-state index contributed by atoms with van der Waals surface area (Å²) in [6.45, 7) is 2.80. The first-order chi connectivity index (χ1) is 26.2. The monoisotopic (exact) mass is 784 g/mol. The van der Waals surface area contributed by atoms with Crippen LogP contribution in [0.5, 0.6) is 11.5 Å². The third-order valence-corrected chi connectivity index (χ3v) is 12.9. The van der Waals surface area contributed by atoms with Gasteiger partial charge in [-0.3, -0.25) is 4.90 Å². The van der Waals surface area contributed by atoms with Gasteiger partial charge in [0.2, 0.25) is 0 Å². The molecule has 0 unspecified atom stereocenters. The molecule has 6 rings (SSSR count). The zero-order chi connectivity index (χ0) is 39.4. The minimum absolute atomic E-state index is 0.0508. The van der Waals surface area contributed by atoms with E-state index in [2.05, 4.69) is 38.8 Å². The summed E-state index contributed by atoms with van der Waals surface area (Å²) in [6, 6.07) is 16.4. The third kappa shape index (κ3) is 9.00. The highest BCUT2D eigenvalue weighted by molar-refractivity contribution is 7.92. The Morgan fingerprint density at radius 3 is 2.44 bits per heavy atom. The maximum absolute atomic E-state index is 16.3. The van der Waals surface area contributed by atoms with Crippen LogP contribution in [0, 0.1) is 5.82 Å². The standard InChI is InChI=1S/C40H48F4N6O4S/c1-47-21-15-32(16-22-47)48(2)39(18-13-29-7-5-8-31(23-29)40(42,43)44)17-6-20-49(27-39)33-10-12-37(35(41)24-33)55(51,52)50(38-14-19-45-28-46-38)26-30-9-11-34(53-3)25-36(30)54-4/h5,7-12,14,19,23-25,28,32H,6,13,15-18,20-22,26-27H2,1-4H3/t39-/m1/s1. The fourth-order valence-corrected chi connectivity index (χ4v) is 9.37. The number of likely N-dealkylation sites (tertiary alicyclic amines) is 1. The van der Waals surface area contributed by atoms with Crippen LogP contribution in [0.2, 0.25) is 0 Å². The van der Waals surface area contributed by atoms with Crippen LogP contribution in [0.1, 0.15) is 48.8 Å². The third-order valence-electron chi connectivity index (χ3n) is 11.2.